The van der Waals surface area contributed by atoms with Crippen molar-refractivity contribution in [3.05, 3.63) is 75.8 Å². The first kappa shape index (κ1) is 38.3. The van der Waals surface area contributed by atoms with E-state index in [0.717, 1.165) is 57.7 Å². The number of nitrogens with one attached hydrogen (secondary N) is 1. The highest BCUT2D eigenvalue weighted by Gasteiger charge is 2.62. The number of anilines is 1. The molecular weight excluding hydrogens is 696 g/mol. The number of hydroxylamine groups is 1. The molecule has 288 valence electrons. The van der Waals surface area contributed by atoms with Gasteiger partial charge in [-0.3, -0.25) is 29.7 Å². The molecule has 2 aromatic carbocycles. The lowest BCUT2D eigenvalue weighted by Gasteiger charge is -2.56. The predicted octanol–water partition coefficient (Wildman–Crippen LogP) is 4.56. The number of carbonyl (C=O) groups is 2. The first-order valence-electron chi connectivity index (χ1n) is 19.2. The first-order chi connectivity index (χ1) is 25.2. The van der Waals surface area contributed by atoms with Crippen LogP contribution in [0.15, 0.2) is 54.1 Å². The lowest BCUT2D eigenvalue weighted by molar-refractivity contribution is -0.225. The normalized spacial score (nSPS) is 35.1. The standard InChI is InChI=1S/C41H55ClN4O7/c1-24-10-13-29(14-11-24)23-46-18-16-45(17-19-46)22-26(3)30-15-12-27(4)41(50)32(30)20-25(2)36(51-28(5)47)37(41)52-38(48)34-21-40(49)31-8-7-9-33(42)35(31)44(6)53-39(40)43-34/h7-11,13-14,20,26-27,30,32,34,36-37,39,43,49-50H,12,15-19,21-23H2,1-6H3/t26?,27-,30+,32-,34+,36-,37+,39-,40-,41-/m1/s1. The Morgan fingerprint density at radius 2 is 1.74 bits per heavy atom. The number of aryl methyl sites for hydroxylation is 1. The van der Waals surface area contributed by atoms with E-state index in [1.165, 1.54) is 23.1 Å². The van der Waals surface area contributed by atoms with E-state index >= 15 is 0 Å². The van der Waals surface area contributed by atoms with Gasteiger partial charge >= 0.3 is 11.9 Å². The smallest absolute Gasteiger partial charge is 0.323 e. The number of nitrogens with zero attached hydrogens (tertiary/aromatic N) is 3. The van der Waals surface area contributed by atoms with Gasteiger partial charge < -0.3 is 24.6 Å². The fourth-order valence-corrected chi connectivity index (χ4v) is 10.1. The summed E-state index contributed by atoms with van der Waals surface area (Å²) < 4.78 is 12.2. The van der Waals surface area contributed by atoms with Gasteiger partial charge in [0.05, 0.1) is 10.7 Å². The minimum absolute atomic E-state index is 0.0349. The highest BCUT2D eigenvalue weighted by Crippen LogP contribution is 2.53. The Morgan fingerprint density at radius 1 is 1.04 bits per heavy atom. The first-order valence-corrected chi connectivity index (χ1v) is 19.5. The lowest BCUT2D eigenvalue weighted by Crippen LogP contribution is -2.66. The van der Waals surface area contributed by atoms with Crippen molar-refractivity contribution >= 4 is 29.2 Å². The number of esters is 2. The van der Waals surface area contributed by atoms with Gasteiger partial charge in [-0.15, -0.1) is 0 Å². The van der Waals surface area contributed by atoms with Gasteiger partial charge in [-0.05, 0) is 61.6 Å². The number of carbonyl (C=O) groups excluding carboxylic acids is 2. The molecule has 0 radical (unpaired) electrons. The maximum absolute atomic E-state index is 14.2. The summed E-state index contributed by atoms with van der Waals surface area (Å²) in [5, 5.41) is 29.9. The molecule has 3 heterocycles. The Morgan fingerprint density at radius 3 is 2.43 bits per heavy atom. The van der Waals surface area contributed by atoms with Gasteiger partial charge in [0.15, 0.2) is 18.4 Å². The van der Waals surface area contributed by atoms with Crippen LogP contribution in [-0.4, -0.2) is 102 Å². The third-order valence-corrected chi connectivity index (χ3v) is 13.1. The molecule has 1 unspecified atom stereocenters. The van der Waals surface area contributed by atoms with Crippen molar-refractivity contribution in [2.75, 3.05) is 44.8 Å². The number of fused-ring (bicyclic) bond motifs is 4. The summed E-state index contributed by atoms with van der Waals surface area (Å²) in [4.78, 5) is 37.7. The van der Waals surface area contributed by atoms with Gasteiger partial charge in [0.25, 0.3) is 0 Å². The van der Waals surface area contributed by atoms with Crippen molar-refractivity contribution in [3.8, 4) is 0 Å². The summed E-state index contributed by atoms with van der Waals surface area (Å²) in [6.07, 6.45) is 0.667. The minimum Gasteiger partial charge on any atom is -0.454 e. The average Bonchev–Trinajstić information content (AvgIpc) is 3.46. The van der Waals surface area contributed by atoms with Gasteiger partial charge in [-0.2, -0.15) is 0 Å². The number of ether oxygens (including phenoxy) is 2. The van der Waals surface area contributed by atoms with E-state index in [2.05, 4.69) is 59.3 Å². The molecule has 53 heavy (non-hydrogen) atoms. The van der Waals surface area contributed by atoms with Crippen LogP contribution in [0.2, 0.25) is 5.02 Å². The summed E-state index contributed by atoms with van der Waals surface area (Å²) in [6, 6.07) is 13.1. The second-order valence-electron chi connectivity index (χ2n) is 16.4. The van der Waals surface area contributed by atoms with Gasteiger partial charge in [0.1, 0.15) is 17.2 Å². The molecule has 0 spiro atoms. The van der Waals surface area contributed by atoms with Crippen molar-refractivity contribution in [2.45, 2.75) is 96.1 Å². The Balaban J connectivity index is 1.08. The Bertz CT molecular complexity index is 1720. The van der Waals surface area contributed by atoms with E-state index in [0.29, 0.717) is 16.3 Å². The van der Waals surface area contributed by atoms with Crippen LogP contribution in [0.5, 0.6) is 0 Å². The van der Waals surface area contributed by atoms with E-state index in [1.54, 1.807) is 25.2 Å². The molecule has 2 saturated heterocycles. The zero-order valence-electron chi connectivity index (χ0n) is 31.8. The lowest BCUT2D eigenvalue weighted by atomic mass is 9.55. The van der Waals surface area contributed by atoms with Crippen LogP contribution in [0.1, 0.15) is 63.6 Å². The molecule has 3 N–H and O–H groups in total. The quantitative estimate of drug-likeness (QED) is 0.260. The van der Waals surface area contributed by atoms with E-state index in [9.17, 15) is 19.8 Å². The van der Waals surface area contributed by atoms with Gasteiger partial charge in [-0.25, -0.2) is 0 Å². The van der Waals surface area contributed by atoms with Crippen molar-refractivity contribution in [2.24, 2.45) is 23.7 Å². The highest BCUT2D eigenvalue weighted by molar-refractivity contribution is 6.33. The summed E-state index contributed by atoms with van der Waals surface area (Å²) in [5.74, 6) is -1.36. The molecule has 2 aromatic rings. The maximum atomic E-state index is 14.2. The molecule has 7 rings (SSSR count). The van der Waals surface area contributed by atoms with Crippen molar-refractivity contribution < 1.29 is 34.1 Å². The van der Waals surface area contributed by atoms with E-state index < -0.39 is 47.6 Å². The van der Waals surface area contributed by atoms with Gasteiger partial charge in [0, 0.05) is 71.1 Å². The number of rotatable bonds is 8. The molecular formula is C41H55ClN4O7. The molecule has 11 nitrogen and oxygen atoms in total. The number of aliphatic hydroxyl groups is 2. The van der Waals surface area contributed by atoms with Crippen LogP contribution >= 0.6 is 11.6 Å². The van der Waals surface area contributed by atoms with Crippen molar-refractivity contribution in [3.63, 3.8) is 0 Å². The Kier molecular flexibility index (Phi) is 10.8. The number of hydrogen-bond donors (Lipinski definition) is 3. The number of piperazine rings is 1. The second-order valence-corrected chi connectivity index (χ2v) is 16.8. The van der Waals surface area contributed by atoms with Crippen LogP contribution in [-0.2, 0) is 36.0 Å². The zero-order chi connectivity index (χ0) is 37.8. The SMILES string of the molecule is CC(=O)O[C@@H]1C(C)=C[C@@H]2[C@H](C(C)CN3CCN(Cc4ccc(C)cc4)CC3)CC[C@@H](C)[C@]2(O)[C@H]1OC(=O)[C@@H]1C[C@@]2(O)c3cccc(Cl)c3N(C)O[C@H]2N1. The average molecular weight is 751 g/mol. The molecule has 10 atom stereocenters. The largest absolute Gasteiger partial charge is 0.454 e. The molecule has 3 aliphatic heterocycles. The number of halogens is 1. The number of hydrogen-bond acceptors (Lipinski definition) is 11. The fraction of sp³-hybridized carbons (Fsp3) is 0.610. The van der Waals surface area contributed by atoms with Crippen LogP contribution in [0.25, 0.3) is 0 Å². The van der Waals surface area contributed by atoms with Crippen molar-refractivity contribution in [1.82, 2.24) is 15.1 Å². The van der Waals surface area contributed by atoms with Crippen LogP contribution < -0.4 is 10.4 Å². The zero-order valence-corrected chi connectivity index (χ0v) is 32.5. The Labute approximate surface area is 318 Å². The van der Waals surface area contributed by atoms with Crippen LogP contribution in [0.3, 0.4) is 0 Å². The second kappa shape index (κ2) is 14.9. The van der Waals surface area contributed by atoms with Gasteiger partial charge in [0.2, 0.25) is 0 Å². The van der Waals surface area contributed by atoms with Gasteiger partial charge in [-0.1, -0.05) is 73.5 Å². The fourth-order valence-electron chi connectivity index (χ4n) is 9.78. The molecule has 3 fully saturated rings. The number of benzene rings is 2. The minimum atomic E-state index is -1.56. The Hall–Kier alpha value is -3.03. The van der Waals surface area contributed by atoms with Crippen molar-refractivity contribution in [1.29, 1.82) is 0 Å². The molecule has 0 amide bonds. The van der Waals surface area contributed by atoms with E-state index in [-0.39, 0.29) is 30.1 Å². The summed E-state index contributed by atoms with van der Waals surface area (Å²) >= 11 is 6.48. The van der Waals surface area contributed by atoms with Crippen LogP contribution in [0.4, 0.5) is 5.69 Å². The monoisotopic (exact) mass is 750 g/mol. The maximum Gasteiger partial charge on any atom is 0.323 e. The summed E-state index contributed by atoms with van der Waals surface area (Å²) in [7, 11) is 1.70. The molecule has 12 heteroatoms. The molecule has 0 aromatic heterocycles. The molecule has 2 aliphatic carbocycles. The third-order valence-electron chi connectivity index (χ3n) is 12.8. The highest BCUT2D eigenvalue weighted by atomic mass is 35.5. The topological polar surface area (TPSA) is 124 Å². The summed E-state index contributed by atoms with van der Waals surface area (Å²) in [5.41, 5.74) is 1.40. The predicted molar refractivity (Wildman–Crippen MR) is 202 cm³/mol. The number of para-hydroxylation sites is 1. The third kappa shape index (κ3) is 7.14. The summed E-state index contributed by atoms with van der Waals surface area (Å²) in [6.45, 7) is 15.4. The molecule has 1 saturated carbocycles. The van der Waals surface area contributed by atoms with Crippen LogP contribution in [0, 0.1) is 30.6 Å². The molecule has 0 bridgehead atoms. The molecule has 5 aliphatic rings. The van der Waals surface area contributed by atoms with E-state index in [1.807, 2.05) is 13.8 Å². The van der Waals surface area contributed by atoms with E-state index in [4.69, 9.17) is 25.9 Å².